The minimum atomic E-state index is -0.882. The molecule has 0 saturated carbocycles. The highest BCUT2D eigenvalue weighted by Gasteiger charge is 2.46. The molecule has 38 heavy (non-hydrogen) atoms. The van der Waals surface area contributed by atoms with E-state index >= 15 is 0 Å². The second kappa shape index (κ2) is 10.9. The predicted molar refractivity (Wildman–Crippen MR) is 142 cm³/mol. The molecule has 1 amide bonds. The van der Waals surface area contributed by atoms with E-state index < -0.39 is 17.7 Å². The first-order chi connectivity index (χ1) is 18.5. The van der Waals surface area contributed by atoms with Crippen LogP contribution in [0, 0.1) is 0 Å². The Kier molecular flexibility index (Phi) is 7.20. The molecule has 1 atom stereocenters. The molecule has 1 N–H and O–H groups in total. The average molecular weight is 530 g/mol. The lowest BCUT2D eigenvalue weighted by molar-refractivity contribution is -0.140. The van der Waals surface area contributed by atoms with Crippen LogP contribution in [-0.4, -0.2) is 28.8 Å². The molecule has 1 fully saturated rings. The summed E-state index contributed by atoms with van der Waals surface area (Å²) in [6.45, 7) is 0.434. The zero-order valence-electron chi connectivity index (χ0n) is 20.5. The Bertz CT molecular complexity index is 1480. The average Bonchev–Trinajstić information content (AvgIpc) is 3.55. The lowest BCUT2D eigenvalue weighted by Gasteiger charge is -2.25. The molecule has 1 unspecified atom stereocenters. The summed E-state index contributed by atoms with van der Waals surface area (Å²) in [6, 6.07) is 24.1. The van der Waals surface area contributed by atoms with Gasteiger partial charge in [-0.1, -0.05) is 54.1 Å². The van der Waals surface area contributed by atoms with E-state index in [0.29, 0.717) is 34.5 Å². The lowest BCUT2D eigenvalue weighted by Crippen LogP contribution is -2.29. The molecule has 1 aromatic heterocycles. The fourth-order valence-corrected chi connectivity index (χ4v) is 4.63. The van der Waals surface area contributed by atoms with Crippen molar-refractivity contribution < 1.29 is 28.6 Å². The van der Waals surface area contributed by atoms with E-state index in [0.717, 1.165) is 5.56 Å². The second-order valence-corrected chi connectivity index (χ2v) is 9.13. The van der Waals surface area contributed by atoms with Crippen molar-refractivity contribution in [3.05, 3.63) is 124 Å². The minimum Gasteiger partial charge on any atom is -0.507 e. The Morgan fingerprint density at radius 1 is 1.00 bits per heavy atom. The first kappa shape index (κ1) is 25.2. The Morgan fingerprint density at radius 3 is 2.45 bits per heavy atom. The van der Waals surface area contributed by atoms with Crippen LogP contribution in [0.1, 0.15) is 28.5 Å². The Morgan fingerprint density at radius 2 is 1.76 bits per heavy atom. The molecule has 3 aromatic carbocycles. The van der Waals surface area contributed by atoms with Crippen LogP contribution in [0.4, 0.5) is 0 Å². The first-order valence-corrected chi connectivity index (χ1v) is 12.3. The summed E-state index contributed by atoms with van der Waals surface area (Å²) < 4.78 is 16.7. The van der Waals surface area contributed by atoms with Crippen LogP contribution in [0.15, 0.2) is 101 Å². The molecule has 1 aliphatic heterocycles. The van der Waals surface area contributed by atoms with Crippen LogP contribution in [0.3, 0.4) is 0 Å². The number of Topliss-reactive ketones (excluding diaryl/α,β-unsaturated/α-hetero) is 1. The number of ketones is 1. The lowest BCUT2D eigenvalue weighted by atomic mass is 9.95. The van der Waals surface area contributed by atoms with Crippen molar-refractivity contribution in [2.75, 3.05) is 7.11 Å². The topological polar surface area (TPSA) is 89.2 Å². The van der Waals surface area contributed by atoms with Gasteiger partial charge in [0.25, 0.3) is 11.7 Å². The van der Waals surface area contributed by atoms with E-state index in [1.165, 1.54) is 24.3 Å². The van der Waals surface area contributed by atoms with Crippen molar-refractivity contribution in [3.8, 4) is 11.5 Å². The highest BCUT2D eigenvalue weighted by Crippen LogP contribution is 2.42. The van der Waals surface area contributed by atoms with Crippen molar-refractivity contribution in [1.82, 2.24) is 4.90 Å². The maximum atomic E-state index is 13.3. The number of aliphatic hydroxyl groups is 1. The number of ether oxygens (including phenoxy) is 2. The molecule has 1 saturated heterocycles. The van der Waals surface area contributed by atoms with Crippen molar-refractivity contribution >= 4 is 29.1 Å². The third kappa shape index (κ3) is 5.01. The van der Waals surface area contributed by atoms with Gasteiger partial charge in [-0.3, -0.25) is 9.59 Å². The van der Waals surface area contributed by atoms with Crippen molar-refractivity contribution in [1.29, 1.82) is 0 Å². The van der Waals surface area contributed by atoms with Gasteiger partial charge in [-0.15, -0.1) is 0 Å². The molecule has 1 aliphatic rings. The van der Waals surface area contributed by atoms with Gasteiger partial charge < -0.3 is 23.9 Å². The highest BCUT2D eigenvalue weighted by atomic mass is 35.5. The third-order valence-electron chi connectivity index (χ3n) is 6.31. The van der Waals surface area contributed by atoms with Crippen LogP contribution in [-0.2, 0) is 22.7 Å². The van der Waals surface area contributed by atoms with Gasteiger partial charge in [-0.2, -0.15) is 0 Å². The van der Waals surface area contributed by atoms with Crippen LogP contribution < -0.4 is 9.47 Å². The number of amides is 1. The normalized spacial score (nSPS) is 16.6. The monoisotopic (exact) mass is 529 g/mol. The van der Waals surface area contributed by atoms with Gasteiger partial charge in [0.05, 0.1) is 37.1 Å². The van der Waals surface area contributed by atoms with Crippen molar-refractivity contribution in [3.63, 3.8) is 0 Å². The minimum absolute atomic E-state index is 0.0396. The molecule has 0 spiro atoms. The summed E-state index contributed by atoms with van der Waals surface area (Å²) >= 11 is 6.18. The molecular formula is C30H24ClNO6. The van der Waals surface area contributed by atoms with Gasteiger partial charge in [0.1, 0.15) is 29.6 Å². The number of nitrogens with zero attached hydrogens (tertiary/aromatic N) is 1. The van der Waals surface area contributed by atoms with E-state index in [1.807, 2.05) is 30.3 Å². The van der Waals surface area contributed by atoms with Gasteiger partial charge in [-0.05, 0) is 53.6 Å². The fraction of sp³-hybridized carbons (Fsp3) is 0.133. The van der Waals surface area contributed by atoms with Crippen LogP contribution in [0.2, 0.25) is 5.02 Å². The van der Waals surface area contributed by atoms with Gasteiger partial charge in [0.2, 0.25) is 0 Å². The third-order valence-corrected chi connectivity index (χ3v) is 6.54. The Labute approximate surface area is 224 Å². The summed E-state index contributed by atoms with van der Waals surface area (Å²) in [5.74, 6) is -0.507. The largest absolute Gasteiger partial charge is 0.507 e. The van der Waals surface area contributed by atoms with E-state index in [4.69, 9.17) is 25.5 Å². The van der Waals surface area contributed by atoms with Gasteiger partial charge in [0.15, 0.2) is 0 Å². The van der Waals surface area contributed by atoms with E-state index in [2.05, 4.69) is 0 Å². The molecular weight excluding hydrogens is 506 g/mol. The zero-order valence-corrected chi connectivity index (χ0v) is 21.2. The Hall–Kier alpha value is -4.49. The molecule has 8 heteroatoms. The maximum absolute atomic E-state index is 13.3. The van der Waals surface area contributed by atoms with Crippen molar-refractivity contribution in [2.45, 2.75) is 19.2 Å². The first-order valence-electron chi connectivity index (χ1n) is 11.9. The number of methoxy groups -OCH3 is 1. The SMILES string of the molecule is COc1ccc(Cl)cc1/C(O)=C1\C(=O)C(=O)N(Cc2ccco2)C1c1ccc(OCc2ccccc2)cc1. The number of carbonyl (C=O) groups excluding carboxylic acids is 2. The molecule has 0 bridgehead atoms. The van der Waals surface area contributed by atoms with Crippen LogP contribution >= 0.6 is 11.6 Å². The van der Waals surface area contributed by atoms with Crippen LogP contribution in [0.25, 0.3) is 5.76 Å². The van der Waals surface area contributed by atoms with E-state index in [9.17, 15) is 14.7 Å². The number of likely N-dealkylation sites (tertiary alicyclic amines) is 1. The summed E-state index contributed by atoms with van der Waals surface area (Å²) in [6.07, 6.45) is 1.50. The molecule has 0 radical (unpaired) electrons. The van der Waals surface area contributed by atoms with Crippen molar-refractivity contribution in [2.24, 2.45) is 0 Å². The zero-order chi connectivity index (χ0) is 26.6. The van der Waals surface area contributed by atoms with Gasteiger partial charge in [0, 0.05) is 5.02 Å². The maximum Gasteiger partial charge on any atom is 0.296 e. The summed E-state index contributed by atoms with van der Waals surface area (Å²) in [5.41, 5.74) is 1.79. The van der Waals surface area contributed by atoms with Crippen LogP contribution in [0.5, 0.6) is 11.5 Å². The number of aliphatic hydroxyl groups excluding tert-OH is 1. The molecule has 2 heterocycles. The predicted octanol–water partition coefficient (Wildman–Crippen LogP) is 6.14. The van der Waals surface area contributed by atoms with Gasteiger partial charge >= 0.3 is 0 Å². The summed E-state index contributed by atoms with van der Waals surface area (Å²) in [4.78, 5) is 27.9. The second-order valence-electron chi connectivity index (χ2n) is 8.69. The van der Waals surface area contributed by atoms with Gasteiger partial charge in [-0.25, -0.2) is 0 Å². The number of halogens is 1. The molecule has 4 aromatic rings. The number of furan rings is 1. The Balaban J connectivity index is 1.54. The molecule has 192 valence electrons. The molecule has 5 rings (SSSR count). The summed E-state index contributed by atoms with van der Waals surface area (Å²) in [5, 5.41) is 11.7. The molecule has 0 aliphatic carbocycles. The quantitative estimate of drug-likeness (QED) is 0.167. The smallest absolute Gasteiger partial charge is 0.296 e. The summed E-state index contributed by atoms with van der Waals surface area (Å²) in [7, 11) is 1.45. The number of rotatable bonds is 8. The number of hydrogen-bond donors (Lipinski definition) is 1. The number of hydrogen-bond acceptors (Lipinski definition) is 6. The number of carbonyl (C=O) groups is 2. The fourth-order valence-electron chi connectivity index (χ4n) is 4.46. The van der Waals surface area contributed by atoms with E-state index in [1.54, 1.807) is 48.5 Å². The number of benzene rings is 3. The highest BCUT2D eigenvalue weighted by molar-refractivity contribution is 6.46. The standard InChI is InChI=1S/C30H24ClNO6/c1-36-25-14-11-21(31)16-24(25)28(33)26-27(32(30(35)29(26)34)17-23-8-5-15-37-23)20-9-12-22(13-10-20)38-18-19-6-3-2-4-7-19/h2-16,27,33H,17-18H2,1H3/b28-26+. The molecule has 7 nitrogen and oxygen atoms in total. The van der Waals surface area contributed by atoms with E-state index in [-0.39, 0.29) is 23.4 Å².